The highest BCUT2D eigenvalue weighted by Crippen LogP contribution is 2.28. The van der Waals surface area contributed by atoms with Gasteiger partial charge in [0.2, 0.25) is 11.0 Å². The van der Waals surface area contributed by atoms with Crippen LogP contribution < -0.4 is 9.30 Å². The summed E-state index contributed by atoms with van der Waals surface area (Å²) in [5, 5.41) is 1.35. The number of benzene rings is 3. The van der Waals surface area contributed by atoms with Crippen LogP contribution in [0, 0.1) is 0 Å². The Morgan fingerprint density at radius 1 is 0.885 bits per heavy atom. The molecule has 4 rings (SSSR count). The average Bonchev–Trinajstić information content (AvgIpc) is 2.68. The Bertz CT molecular complexity index is 1150. The number of fused-ring (bicyclic) bond motifs is 2. The van der Waals surface area contributed by atoms with Gasteiger partial charge in [-0.1, -0.05) is 42.5 Å². The van der Waals surface area contributed by atoms with Crippen molar-refractivity contribution in [3.63, 3.8) is 0 Å². The summed E-state index contributed by atoms with van der Waals surface area (Å²) < 4.78 is 7.57. The van der Waals surface area contributed by atoms with Crippen molar-refractivity contribution in [2.75, 3.05) is 0 Å². The van der Waals surface area contributed by atoms with Gasteiger partial charge in [0.1, 0.15) is 12.8 Å². The highest BCUT2D eigenvalue weighted by Gasteiger charge is 2.25. The van der Waals surface area contributed by atoms with Crippen LogP contribution in [0.4, 0.5) is 0 Å². The SMILES string of the molecule is C[n+]1c2ccccc2c(C(=O)Oc2ccccc2)c2c(C=O)cccc21. The molecule has 0 radical (unpaired) electrons. The van der Waals surface area contributed by atoms with Gasteiger partial charge in [-0.15, -0.1) is 0 Å². The van der Waals surface area contributed by atoms with Crippen molar-refractivity contribution in [3.05, 3.63) is 83.9 Å². The van der Waals surface area contributed by atoms with Crippen molar-refractivity contribution >= 4 is 34.1 Å². The molecule has 126 valence electrons. The summed E-state index contributed by atoms with van der Waals surface area (Å²) in [6.07, 6.45) is 0.774. The van der Waals surface area contributed by atoms with E-state index in [0.29, 0.717) is 22.3 Å². The number of para-hydroxylation sites is 2. The van der Waals surface area contributed by atoms with E-state index < -0.39 is 5.97 Å². The monoisotopic (exact) mass is 342 g/mol. The van der Waals surface area contributed by atoms with Gasteiger partial charge in [0, 0.05) is 17.7 Å². The molecule has 0 aliphatic rings. The minimum Gasteiger partial charge on any atom is -0.423 e. The van der Waals surface area contributed by atoms with E-state index in [-0.39, 0.29) is 0 Å². The number of aldehydes is 1. The zero-order chi connectivity index (χ0) is 18.1. The molecule has 0 N–H and O–H groups in total. The number of aromatic nitrogens is 1. The third-order valence-corrected chi connectivity index (χ3v) is 4.51. The number of aryl methyl sites for hydroxylation is 1. The molecule has 1 heterocycles. The molecule has 0 saturated carbocycles. The normalized spacial score (nSPS) is 10.8. The molecule has 0 bridgehead atoms. The van der Waals surface area contributed by atoms with Crippen LogP contribution in [0.25, 0.3) is 21.8 Å². The zero-order valence-corrected chi connectivity index (χ0v) is 14.2. The minimum atomic E-state index is -0.479. The molecule has 0 unspecified atom stereocenters. The van der Waals surface area contributed by atoms with Crippen LogP contribution in [0.15, 0.2) is 72.8 Å². The lowest BCUT2D eigenvalue weighted by molar-refractivity contribution is -0.617. The molecular formula is C22H16NO3+. The van der Waals surface area contributed by atoms with E-state index in [4.69, 9.17) is 4.74 Å². The molecule has 0 saturated heterocycles. The molecule has 0 aliphatic heterocycles. The third-order valence-electron chi connectivity index (χ3n) is 4.51. The molecule has 0 fully saturated rings. The van der Waals surface area contributed by atoms with Crippen LogP contribution in [-0.4, -0.2) is 12.3 Å². The lowest BCUT2D eigenvalue weighted by atomic mass is 9.98. The Kier molecular flexibility index (Phi) is 3.93. The highest BCUT2D eigenvalue weighted by atomic mass is 16.5. The fourth-order valence-electron chi connectivity index (χ4n) is 3.31. The highest BCUT2D eigenvalue weighted by molar-refractivity contribution is 6.16. The van der Waals surface area contributed by atoms with Crippen molar-refractivity contribution < 1.29 is 18.9 Å². The summed E-state index contributed by atoms with van der Waals surface area (Å²) in [7, 11) is 1.92. The van der Waals surface area contributed by atoms with Gasteiger partial charge in [0.25, 0.3) is 0 Å². The number of esters is 1. The summed E-state index contributed by atoms with van der Waals surface area (Å²) in [5.41, 5.74) is 2.56. The van der Waals surface area contributed by atoms with Gasteiger partial charge >= 0.3 is 5.97 Å². The number of ether oxygens (including phenoxy) is 1. The number of hydrogen-bond donors (Lipinski definition) is 0. The molecule has 0 atom stereocenters. The van der Waals surface area contributed by atoms with Gasteiger partial charge in [0.05, 0.1) is 16.3 Å². The minimum absolute atomic E-state index is 0.403. The molecule has 0 aliphatic carbocycles. The van der Waals surface area contributed by atoms with Crippen molar-refractivity contribution in [2.45, 2.75) is 0 Å². The Hall–Kier alpha value is -3.53. The fourth-order valence-corrected chi connectivity index (χ4v) is 3.31. The first kappa shape index (κ1) is 16.0. The topological polar surface area (TPSA) is 47.2 Å². The van der Waals surface area contributed by atoms with Crippen LogP contribution in [0.1, 0.15) is 20.7 Å². The number of carbonyl (C=O) groups excluding carboxylic acids is 2. The van der Waals surface area contributed by atoms with E-state index in [1.165, 1.54) is 0 Å². The number of nitrogens with zero attached hydrogens (tertiary/aromatic N) is 1. The number of pyridine rings is 1. The smallest absolute Gasteiger partial charge is 0.345 e. The maximum Gasteiger partial charge on any atom is 0.345 e. The van der Waals surface area contributed by atoms with Gasteiger partial charge in [-0.05, 0) is 18.2 Å². The lowest BCUT2D eigenvalue weighted by Crippen LogP contribution is -2.32. The third kappa shape index (κ3) is 2.52. The van der Waals surface area contributed by atoms with Gasteiger partial charge in [-0.25, -0.2) is 4.79 Å². The predicted octanol–water partition coefficient (Wildman–Crippen LogP) is 3.85. The predicted molar refractivity (Wildman–Crippen MR) is 99.4 cm³/mol. The summed E-state index contributed by atoms with van der Waals surface area (Å²) in [6, 6.07) is 22.0. The molecular weight excluding hydrogens is 326 g/mol. The summed E-state index contributed by atoms with van der Waals surface area (Å²) in [6.45, 7) is 0. The summed E-state index contributed by atoms with van der Waals surface area (Å²) in [5.74, 6) is -0.0150. The molecule has 26 heavy (non-hydrogen) atoms. The van der Waals surface area contributed by atoms with Crippen molar-refractivity contribution in [3.8, 4) is 5.75 Å². The van der Waals surface area contributed by atoms with E-state index in [1.807, 2.05) is 54.1 Å². The average molecular weight is 342 g/mol. The van der Waals surface area contributed by atoms with Crippen molar-refractivity contribution in [1.29, 1.82) is 0 Å². The fraction of sp³-hybridized carbons (Fsp3) is 0.0455. The van der Waals surface area contributed by atoms with E-state index in [9.17, 15) is 9.59 Å². The molecule has 0 spiro atoms. The van der Waals surface area contributed by atoms with E-state index in [2.05, 4.69) is 0 Å². The molecule has 4 nitrogen and oxygen atoms in total. The van der Waals surface area contributed by atoms with Crippen LogP contribution in [-0.2, 0) is 7.05 Å². The van der Waals surface area contributed by atoms with Gasteiger partial charge in [-0.2, -0.15) is 4.57 Å². The zero-order valence-electron chi connectivity index (χ0n) is 14.2. The summed E-state index contributed by atoms with van der Waals surface area (Å²) in [4.78, 5) is 24.7. The van der Waals surface area contributed by atoms with Crippen LogP contribution in [0.5, 0.6) is 5.75 Å². The first-order valence-corrected chi connectivity index (χ1v) is 8.26. The van der Waals surface area contributed by atoms with E-state index in [0.717, 1.165) is 22.7 Å². The maximum absolute atomic E-state index is 13.1. The molecule has 4 heteroatoms. The number of hydrogen-bond acceptors (Lipinski definition) is 3. The summed E-state index contributed by atoms with van der Waals surface area (Å²) >= 11 is 0. The van der Waals surface area contributed by atoms with E-state index >= 15 is 0 Å². The van der Waals surface area contributed by atoms with Gasteiger partial charge in [0.15, 0.2) is 6.29 Å². The second kappa shape index (κ2) is 6.41. The first-order valence-electron chi connectivity index (χ1n) is 8.26. The maximum atomic E-state index is 13.1. The number of carbonyl (C=O) groups is 2. The largest absolute Gasteiger partial charge is 0.423 e. The quantitative estimate of drug-likeness (QED) is 0.187. The van der Waals surface area contributed by atoms with Gasteiger partial charge in [-0.3, -0.25) is 4.79 Å². The first-order chi connectivity index (χ1) is 12.7. The van der Waals surface area contributed by atoms with Crippen molar-refractivity contribution in [2.24, 2.45) is 7.05 Å². The Balaban J connectivity index is 2.06. The van der Waals surface area contributed by atoms with Crippen LogP contribution >= 0.6 is 0 Å². The Labute approximate surface area is 150 Å². The van der Waals surface area contributed by atoms with Crippen molar-refractivity contribution in [1.82, 2.24) is 0 Å². The van der Waals surface area contributed by atoms with Gasteiger partial charge < -0.3 is 4.74 Å². The second-order valence-electron chi connectivity index (χ2n) is 6.01. The Morgan fingerprint density at radius 2 is 1.58 bits per heavy atom. The number of rotatable bonds is 3. The molecule has 0 amide bonds. The molecule has 4 aromatic rings. The standard InChI is InChI=1S/C22H16NO3/c1-23-18-12-6-5-11-17(18)21(20-15(14-24)8-7-13-19(20)23)22(25)26-16-9-3-2-4-10-16/h2-14H,1H3/q+1. The molecule has 1 aromatic heterocycles. The molecule has 3 aromatic carbocycles. The van der Waals surface area contributed by atoms with Crippen LogP contribution in [0.2, 0.25) is 0 Å². The lowest BCUT2D eigenvalue weighted by Gasteiger charge is -2.11. The van der Waals surface area contributed by atoms with E-state index in [1.54, 1.807) is 30.3 Å². The van der Waals surface area contributed by atoms with Crippen LogP contribution in [0.3, 0.4) is 0 Å². The Morgan fingerprint density at radius 3 is 2.35 bits per heavy atom. The second-order valence-corrected chi connectivity index (χ2v) is 6.01.